The number of rotatable bonds is 5. The lowest BCUT2D eigenvalue weighted by molar-refractivity contribution is 0.0960. The van der Waals surface area contributed by atoms with Gasteiger partial charge in [0.05, 0.1) is 0 Å². The standard InChI is InChI=1S/C14H21NO/c1-4-6-11-7-5-8-12(9-11)13(16)10-14(2,3)15/h5,7-9H,4,6,10,15H2,1-3H3. The zero-order chi connectivity index (χ0) is 12.2. The molecule has 2 nitrogen and oxygen atoms in total. The molecule has 0 fully saturated rings. The molecule has 0 spiro atoms. The first-order valence-corrected chi connectivity index (χ1v) is 5.83. The third-order valence-electron chi connectivity index (χ3n) is 2.40. The van der Waals surface area contributed by atoms with Crippen molar-refractivity contribution in [2.75, 3.05) is 0 Å². The van der Waals surface area contributed by atoms with Crippen molar-refractivity contribution in [2.24, 2.45) is 5.73 Å². The van der Waals surface area contributed by atoms with Crippen molar-refractivity contribution in [3.05, 3.63) is 35.4 Å². The van der Waals surface area contributed by atoms with E-state index in [9.17, 15) is 4.79 Å². The van der Waals surface area contributed by atoms with Crippen molar-refractivity contribution >= 4 is 5.78 Å². The van der Waals surface area contributed by atoms with Crippen LogP contribution in [-0.4, -0.2) is 11.3 Å². The molecule has 0 aliphatic heterocycles. The van der Waals surface area contributed by atoms with Gasteiger partial charge in [-0.2, -0.15) is 0 Å². The van der Waals surface area contributed by atoms with E-state index in [0.29, 0.717) is 6.42 Å². The predicted molar refractivity (Wildman–Crippen MR) is 67.7 cm³/mol. The summed E-state index contributed by atoms with van der Waals surface area (Å²) in [5, 5.41) is 0. The Morgan fingerprint density at radius 2 is 2.06 bits per heavy atom. The fourth-order valence-corrected chi connectivity index (χ4v) is 1.70. The summed E-state index contributed by atoms with van der Waals surface area (Å²) >= 11 is 0. The third kappa shape index (κ3) is 4.15. The molecule has 0 amide bonds. The van der Waals surface area contributed by atoms with Gasteiger partial charge in [0.25, 0.3) is 0 Å². The summed E-state index contributed by atoms with van der Waals surface area (Å²) < 4.78 is 0. The van der Waals surface area contributed by atoms with Crippen LogP contribution < -0.4 is 5.73 Å². The zero-order valence-electron chi connectivity index (χ0n) is 10.4. The van der Waals surface area contributed by atoms with Crippen LogP contribution in [0.4, 0.5) is 0 Å². The molecule has 0 aliphatic rings. The quantitative estimate of drug-likeness (QED) is 0.774. The molecule has 0 radical (unpaired) electrons. The topological polar surface area (TPSA) is 43.1 Å². The van der Waals surface area contributed by atoms with Crippen molar-refractivity contribution in [1.82, 2.24) is 0 Å². The number of carbonyl (C=O) groups is 1. The SMILES string of the molecule is CCCc1cccc(C(=O)CC(C)(C)N)c1. The summed E-state index contributed by atoms with van der Waals surface area (Å²) in [6.07, 6.45) is 2.51. The molecular formula is C14H21NO. The van der Waals surface area contributed by atoms with Gasteiger partial charge in [0.2, 0.25) is 0 Å². The number of benzene rings is 1. The molecule has 0 bridgehead atoms. The molecular weight excluding hydrogens is 198 g/mol. The van der Waals surface area contributed by atoms with E-state index in [1.54, 1.807) is 0 Å². The predicted octanol–water partition coefficient (Wildman–Crippen LogP) is 2.95. The van der Waals surface area contributed by atoms with E-state index in [4.69, 9.17) is 5.73 Å². The molecule has 2 N–H and O–H groups in total. The molecule has 0 atom stereocenters. The van der Waals surface area contributed by atoms with Crippen LogP contribution in [-0.2, 0) is 6.42 Å². The summed E-state index contributed by atoms with van der Waals surface area (Å²) in [5.41, 5.74) is 7.42. The Bertz CT molecular complexity index is 363. The van der Waals surface area contributed by atoms with Gasteiger partial charge in [0.15, 0.2) is 5.78 Å². The average molecular weight is 219 g/mol. The Labute approximate surface area is 97.9 Å². The number of ketones is 1. The van der Waals surface area contributed by atoms with Crippen LogP contribution in [0, 0.1) is 0 Å². The molecule has 88 valence electrons. The second kappa shape index (κ2) is 5.26. The lowest BCUT2D eigenvalue weighted by Crippen LogP contribution is -2.34. The summed E-state index contributed by atoms with van der Waals surface area (Å²) in [6, 6.07) is 7.86. The van der Waals surface area contributed by atoms with Gasteiger partial charge < -0.3 is 5.73 Å². The van der Waals surface area contributed by atoms with Crippen molar-refractivity contribution in [1.29, 1.82) is 0 Å². The summed E-state index contributed by atoms with van der Waals surface area (Å²) in [4.78, 5) is 11.9. The third-order valence-corrected chi connectivity index (χ3v) is 2.40. The van der Waals surface area contributed by atoms with Crippen LogP contribution in [0.1, 0.15) is 49.5 Å². The van der Waals surface area contributed by atoms with Crippen LogP contribution >= 0.6 is 0 Å². The summed E-state index contributed by atoms with van der Waals surface area (Å²) in [6.45, 7) is 5.89. The average Bonchev–Trinajstić information content (AvgIpc) is 2.16. The second-order valence-electron chi connectivity index (χ2n) is 5.04. The fraction of sp³-hybridized carbons (Fsp3) is 0.500. The van der Waals surface area contributed by atoms with Crippen molar-refractivity contribution in [2.45, 2.75) is 45.6 Å². The Morgan fingerprint density at radius 3 is 2.62 bits per heavy atom. The molecule has 16 heavy (non-hydrogen) atoms. The Hall–Kier alpha value is -1.15. The van der Waals surface area contributed by atoms with Gasteiger partial charge in [-0.15, -0.1) is 0 Å². The van der Waals surface area contributed by atoms with Crippen LogP contribution in [0.5, 0.6) is 0 Å². The molecule has 0 aromatic heterocycles. The van der Waals surface area contributed by atoms with Gasteiger partial charge in [-0.3, -0.25) is 4.79 Å². The van der Waals surface area contributed by atoms with Crippen molar-refractivity contribution < 1.29 is 4.79 Å². The van der Waals surface area contributed by atoms with Crippen LogP contribution in [0.15, 0.2) is 24.3 Å². The molecule has 0 aliphatic carbocycles. The molecule has 1 aromatic carbocycles. The largest absolute Gasteiger partial charge is 0.325 e. The fourth-order valence-electron chi connectivity index (χ4n) is 1.70. The number of aryl methyl sites for hydroxylation is 1. The molecule has 0 saturated heterocycles. The van der Waals surface area contributed by atoms with Gasteiger partial charge in [-0.1, -0.05) is 31.5 Å². The van der Waals surface area contributed by atoms with E-state index < -0.39 is 5.54 Å². The maximum absolute atomic E-state index is 11.9. The van der Waals surface area contributed by atoms with Gasteiger partial charge in [-0.25, -0.2) is 0 Å². The normalized spacial score (nSPS) is 11.5. The van der Waals surface area contributed by atoms with Gasteiger partial charge >= 0.3 is 0 Å². The number of carbonyl (C=O) groups excluding carboxylic acids is 1. The number of hydrogen-bond acceptors (Lipinski definition) is 2. The molecule has 1 rings (SSSR count). The number of Topliss-reactive ketones (excluding diaryl/α,β-unsaturated/α-hetero) is 1. The van der Waals surface area contributed by atoms with E-state index >= 15 is 0 Å². The monoisotopic (exact) mass is 219 g/mol. The smallest absolute Gasteiger partial charge is 0.164 e. The highest BCUT2D eigenvalue weighted by Gasteiger charge is 2.17. The van der Waals surface area contributed by atoms with Gasteiger partial charge in [0.1, 0.15) is 0 Å². The lowest BCUT2D eigenvalue weighted by Gasteiger charge is -2.17. The molecule has 1 aromatic rings. The summed E-state index contributed by atoms with van der Waals surface area (Å²) in [7, 11) is 0. The van der Waals surface area contributed by atoms with E-state index in [-0.39, 0.29) is 5.78 Å². The van der Waals surface area contributed by atoms with E-state index in [1.165, 1.54) is 5.56 Å². The van der Waals surface area contributed by atoms with E-state index in [1.807, 2.05) is 32.0 Å². The lowest BCUT2D eigenvalue weighted by atomic mass is 9.94. The first-order valence-electron chi connectivity index (χ1n) is 5.83. The molecule has 0 unspecified atom stereocenters. The van der Waals surface area contributed by atoms with E-state index in [0.717, 1.165) is 18.4 Å². The van der Waals surface area contributed by atoms with Gasteiger partial charge in [0, 0.05) is 17.5 Å². The van der Waals surface area contributed by atoms with Crippen molar-refractivity contribution in [3.63, 3.8) is 0 Å². The highest BCUT2D eigenvalue weighted by Crippen LogP contribution is 2.13. The maximum atomic E-state index is 11.9. The second-order valence-corrected chi connectivity index (χ2v) is 5.04. The molecule has 0 saturated carbocycles. The summed E-state index contributed by atoms with van der Waals surface area (Å²) in [5.74, 6) is 0.130. The Kier molecular flexibility index (Phi) is 4.25. The minimum atomic E-state index is -0.433. The number of hydrogen-bond donors (Lipinski definition) is 1. The first-order chi connectivity index (χ1) is 7.42. The van der Waals surface area contributed by atoms with E-state index in [2.05, 4.69) is 13.0 Å². The van der Waals surface area contributed by atoms with Crippen molar-refractivity contribution in [3.8, 4) is 0 Å². The minimum absolute atomic E-state index is 0.130. The Balaban J connectivity index is 2.79. The van der Waals surface area contributed by atoms with Crippen LogP contribution in [0.2, 0.25) is 0 Å². The Morgan fingerprint density at radius 1 is 1.38 bits per heavy atom. The highest BCUT2D eigenvalue weighted by atomic mass is 16.1. The van der Waals surface area contributed by atoms with Crippen LogP contribution in [0.3, 0.4) is 0 Å². The van der Waals surface area contributed by atoms with Crippen LogP contribution in [0.25, 0.3) is 0 Å². The minimum Gasteiger partial charge on any atom is -0.325 e. The van der Waals surface area contributed by atoms with Gasteiger partial charge in [-0.05, 0) is 31.9 Å². The maximum Gasteiger partial charge on any atom is 0.164 e. The number of nitrogens with two attached hydrogens (primary N) is 1. The zero-order valence-corrected chi connectivity index (χ0v) is 10.4. The molecule has 2 heteroatoms. The first kappa shape index (κ1) is 12.9. The highest BCUT2D eigenvalue weighted by molar-refractivity contribution is 5.96. The molecule has 0 heterocycles.